The van der Waals surface area contributed by atoms with Crippen LogP contribution in [0.3, 0.4) is 0 Å². The first-order chi connectivity index (χ1) is 9.22. The van der Waals surface area contributed by atoms with Crippen LogP contribution in [0, 0.1) is 0 Å². The number of hydrogen-bond donors (Lipinski definition) is 0. The Morgan fingerprint density at radius 2 is 2.11 bits per heavy atom. The lowest BCUT2D eigenvalue weighted by atomic mass is 10.2. The minimum Gasteiger partial charge on any atom is -0.453 e. The number of ketones is 1. The summed E-state index contributed by atoms with van der Waals surface area (Å²) < 4.78 is 5.58. The molecule has 0 spiro atoms. The Kier molecular flexibility index (Phi) is 3.85. The molecule has 3 rings (SSSR count). The first kappa shape index (κ1) is 13.1. The molecule has 19 heavy (non-hydrogen) atoms. The number of Topliss-reactive ketones (excluding diaryl/α,β-unsaturated/α-hetero) is 1. The van der Waals surface area contributed by atoms with E-state index in [2.05, 4.69) is 0 Å². The molecular formula is C15H15ClO2S. The van der Waals surface area contributed by atoms with Crippen molar-refractivity contribution in [1.82, 2.24) is 0 Å². The van der Waals surface area contributed by atoms with Gasteiger partial charge in [-0.15, -0.1) is 0 Å². The van der Waals surface area contributed by atoms with Crippen LogP contribution in [0.25, 0.3) is 11.0 Å². The van der Waals surface area contributed by atoms with Gasteiger partial charge in [0.1, 0.15) is 5.58 Å². The minimum atomic E-state index is 0.0734. The molecule has 0 bridgehead atoms. The fraction of sp³-hybridized carbons (Fsp3) is 0.400. The van der Waals surface area contributed by atoms with Crippen LogP contribution in [0.15, 0.2) is 28.7 Å². The number of hydrogen-bond acceptors (Lipinski definition) is 3. The van der Waals surface area contributed by atoms with Crippen molar-refractivity contribution in [2.45, 2.75) is 30.9 Å². The van der Waals surface area contributed by atoms with Crippen molar-refractivity contribution in [2.24, 2.45) is 0 Å². The summed E-state index contributed by atoms with van der Waals surface area (Å²) in [6, 6.07) is 7.19. The van der Waals surface area contributed by atoms with Crippen LogP contribution in [0.4, 0.5) is 0 Å². The largest absolute Gasteiger partial charge is 0.453 e. The molecule has 4 heteroatoms. The van der Waals surface area contributed by atoms with Gasteiger partial charge in [0.05, 0.1) is 5.75 Å². The normalized spacial score (nSPS) is 16.3. The van der Waals surface area contributed by atoms with Gasteiger partial charge in [-0.3, -0.25) is 4.79 Å². The fourth-order valence-corrected chi connectivity index (χ4v) is 3.85. The van der Waals surface area contributed by atoms with Crippen LogP contribution >= 0.6 is 23.4 Å². The van der Waals surface area contributed by atoms with Crippen molar-refractivity contribution >= 4 is 40.1 Å². The lowest BCUT2D eigenvalue weighted by Crippen LogP contribution is -2.05. The molecule has 2 aromatic rings. The third kappa shape index (κ3) is 2.98. The maximum absolute atomic E-state index is 12.1. The molecule has 0 aliphatic heterocycles. The Hall–Kier alpha value is -0.930. The van der Waals surface area contributed by atoms with E-state index in [9.17, 15) is 4.79 Å². The molecule has 0 atom stereocenters. The summed E-state index contributed by atoms with van der Waals surface area (Å²) in [6.07, 6.45) is 5.09. The zero-order valence-corrected chi connectivity index (χ0v) is 12.1. The summed E-state index contributed by atoms with van der Waals surface area (Å²) in [7, 11) is 0. The molecule has 0 radical (unpaired) electrons. The van der Waals surface area contributed by atoms with Crippen molar-refractivity contribution < 1.29 is 9.21 Å². The molecule has 1 aromatic carbocycles. The molecule has 1 fully saturated rings. The maximum Gasteiger partial charge on any atom is 0.207 e. The Labute approximate surface area is 121 Å². The number of furan rings is 1. The first-order valence-corrected chi connectivity index (χ1v) is 7.99. The molecule has 100 valence electrons. The Bertz CT molecular complexity index is 599. The lowest BCUT2D eigenvalue weighted by molar-refractivity contribution is 0.0994. The first-order valence-electron chi connectivity index (χ1n) is 6.56. The average Bonchev–Trinajstić information content (AvgIpc) is 3.04. The van der Waals surface area contributed by atoms with Crippen molar-refractivity contribution in [3.05, 3.63) is 35.0 Å². The number of halogens is 1. The van der Waals surface area contributed by atoms with Gasteiger partial charge in [0.25, 0.3) is 0 Å². The monoisotopic (exact) mass is 294 g/mol. The van der Waals surface area contributed by atoms with Crippen molar-refractivity contribution in [3.63, 3.8) is 0 Å². The standard InChI is InChI=1S/C15H15ClO2S/c16-11-5-6-14-10(7-11)8-15(18-14)13(17)9-19-12-3-1-2-4-12/h5-8,12H,1-4,9H2. The summed E-state index contributed by atoms with van der Waals surface area (Å²) in [5.41, 5.74) is 0.721. The molecule has 2 nitrogen and oxygen atoms in total. The highest BCUT2D eigenvalue weighted by atomic mass is 35.5. The van der Waals surface area contributed by atoms with E-state index in [0.29, 0.717) is 21.8 Å². The molecular weight excluding hydrogens is 280 g/mol. The van der Waals surface area contributed by atoms with Crippen LogP contribution in [-0.4, -0.2) is 16.8 Å². The van der Waals surface area contributed by atoms with E-state index in [1.165, 1.54) is 25.7 Å². The third-order valence-corrected chi connectivity index (χ3v) is 5.11. The molecule has 1 saturated carbocycles. The molecule has 1 heterocycles. The minimum absolute atomic E-state index is 0.0734. The van der Waals surface area contributed by atoms with Crippen LogP contribution in [0.2, 0.25) is 5.02 Å². The van der Waals surface area contributed by atoms with Gasteiger partial charge in [-0.2, -0.15) is 11.8 Å². The van der Waals surface area contributed by atoms with Crippen molar-refractivity contribution in [3.8, 4) is 0 Å². The predicted molar refractivity (Wildman–Crippen MR) is 80.3 cm³/mol. The number of fused-ring (bicyclic) bond motifs is 1. The summed E-state index contributed by atoms with van der Waals surface area (Å²) in [5.74, 6) is 1.03. The Morgan fingerprint density at radius 1 is 1.32 bits per heavy atom. The molecule has 0 amide bonds. The van der Waals surface area contributed by atoms with E-state index in [4.69, 9.17) is 16.0 Å². The molecule has 0 saturated heterocycles. The van der Waals surface area contributed by atoms with Crippen LogP contribution < -0.4 is 0 Å². The zero-order chi connectivity index (χ0) is 13.2. The topological polar surface area (TPSA) is 30.2 Å². The van der Waals surface area contributed by atoms with E-state index in [0.717, 1.165) is 11.0 Å². The second-order valence-corrected chi connectivity index (χ2v) is 6.66. The molecule has 1 aliphatic rings. The third-order valence-electron chi connectivity index (χ3n) is 3.51. The highest BCUT2D eigenvalue weighted by Gasteiger charge is 2.19. The highest BCUT2D eigenvalue weighted by molar-refractivity contribution is 8.00. The molecule has 0 unspecified atom stereocenters. The van der Waals surface area contributed by atoms with Gasteiger partial charge in [0.2, 0.25) is 5.78 Å². The number of carbonyl (C=O) groups excluding carboxylic acids is 1. The van der Waals surface area contributed by atoms with Crippen LogP contribution in [0.1, 0.15) is 36.2 Å². The Balaban J connectivity index is 1.70. The van der Waals surface area contributed by atoms with Gasteiger partial charge in [0.15, 0.2) is 5.76 Å². The van der Waals surface area contributed by atoms with Crippen molar-refractivity contribution in [1.29, 1.82) is 0 Å². The van der Waals surface area contributed by atoms with Crippen LogP contribution in [0.5, 0.6) is 0 Å². The lowest BCUT2D eigenvalue weighted by Gasteiger charge is -2.06. The van der Waals surface area contributed by atoms with E-state index >= 15 is 0 Å². The maximum atomic E-state index is 12.1. The number of benzene rings is 1. The number of carbonyl (C=O) groups is 1. The van der Waals surface area contributed by atoms with E-state index in [1.807, 2.05) is 6.07 Å². The zero-order valence-electron chi connectivity index (χ0n) is 10.5. The summed E-state index contributed by atoms with van der Waals surface area (Å²) in [5, 5.41) is 2.21. The summed E-state index contributed by atoms with van der Waals surface area (Å²) in [6.45, 7) is 0. The highest BCUT2D eigenvalue weighted by Crippen LogP contribution is 2.30. The summed E-state index contributed by atoms with van der Waals surface area (Å²) >= 11 is 7.69. The van der Waals surface area contributed by atoms with E-state index < -0.39 is 0 Å². The molecule has 0 N–H and O–H groups in total. The van der Waals surface area contributed by atoms with Gasteiger partial charge in [-0.25, -0.2) is 0 Å². The SMILES string of the molecule is O=C(CSC1CCCC1)c1cc2cc(Cl)ccc2o1. The van der Waals surface area contributed by atoms with Crippen LogP contribution in [-0.2, 0) is 0 Å². The molecule has 1 aromatic heterocycles. The predicted octanol–water partition coefficient (Wildman–Crippen LogP) is 4.94. The quantitative estimate of drug-likeness (QED) is 0.748. The van der Waals surface area contributed by atoms with Gasteiger partial charge in [0, 0.05) is 15.7 Å². The second-order valence-electron chi connectivity index (χ2n) is 4.93. The average molecular weight is 295 g/mol. The fourth-order valence-electron chi connectivity index (χ4n) is 2.47. The van der Waals surface area contributed by atoms with E-state index in [1.54, 1.807) is 30.0 Å². The van der Waals surface area contributed by atoms with Gasteiger partial charge in [-0.05, 0) is 37.1 Å². The van der Waals surface area contributed by atoms with Crippen molar-refractivity contribution in [2.75, 3.05) is 5.75 Å². The smallest absolute Gasteiger partial charge is 0.207 e. The van der Waals surface area contributed by atoms with Gasteiger partial charge < -0.3 is 4.42 Å². The number of rotatable bonds is 4. The van der Waals surface area contributed by atoms with Gasteiger partial charge in [-0.1, -0.05) is 24.4 Å². The molecule has 1 aliphatic carbocycles. The second kappa shape index (κ2) is 5.59. The van der Waals surface area contributed by atoms with E-state index in [-0.39, 0.29) is 5.78 Å². The number of thioether (sulfide) groups is 1. The van der Waals surface area contributed by atoms with Gasteiger partial charge >= 0.3 is 0 Å². The summed E-state index contributed by atoms with van der Waals surface area (Å²) in [4.78, 5) is 12.1. The Morgan fingerprint density at radius 3 is 2.89 bits per heavy atom.